The predicted molar refractivity (Wildman–Crippen MR) is 125 cm³/mol. The fourth-order valence-electron chi connectivity index (χ4n) is 3.48. The molecule has 4 aromatic rings. The normalized spacial score (nSPS) is 10.6. The molecular formula is C26H24FN5O. The summed E-state index contributed by atoms with van der Waals surface area (Å²) in [5.41, 5.74) is 3.93. The highest BCUT2D eigenvalue weighted by Gasteiger charge is 2.14. The first-order valence-electron chi connectivity index (χ1n) is 10.8. The molecule has 1 aromatic heterocycles. The van der Waals surface area contributed by atoms with Gasteiger partial charge in [0.05, 0.1) is 30.5 Å². The van der Waals surface area contributed by atoms with Crippen LogP contribution in [0.2, 0.25) is 0 Å². The summed E-state index contributed by atoms with van der Waals surface area (Å²) in [6, 6.07) is 22.0. The van der Waals surface area contributed by atoms with E-state index in [4.69, 9.17) is 4.74 Å². The third-order valence-corrected chi connectivity index (χ3v) is 5.28. The summed E-state index contributed by atoms with van der Waals surface area (Å²) >= 11 is 0. The first-order chi connectivity index (χ1) is 16.2. The Balaban J connectivity index is 1.65. The zero-order chi connectivity index (χ0) is 23.0. The number of halogens is 1. The summed E-state index contributed by atoms with van der Waals surface area (Å²) in [7, 11) is 0. The van der Waals surface area contributed by atoms with Crippen molar-refractivity contribution in [2.45, 2.75) is 26.3 Å². The Hall–Kier alpha value is -4.18. The van der Waals surface area contributed by atoms with Gasteiger partial charge in [0.15, 0.2) is 0 Å². The minimum absolute atomic E-state index is 0.318. The van der Waals surface area contributed by atoms with Crippen LogP contribution in [0.3, 0.4) is 0 Å². The van der Waals surface area contributed by atoms with Crippen LogP contribution in [0.1, 0.15) is 30.9 Å². The standard InChI is InChI=1S/C26H24FN5O/c1-2-3-14-33-25-12-4-20(5-13-25)17-32(31-18-29-30-19-31)24-11-8-22(16-28)26(15-24)21-6-9-23(27)10-7-21/h4-13,15,18-19H,2-3,14,17H2,1H3. The molecule has 0 radical (unpaired) electrons. The molecule has 6 nitrogen and oxygen atoms in total. The molecule has 3 aromatic carbocycles. The average molecular weight is 442 g/mol. The predicted octanol–water partition coefficient (Wildman–Crippen LogP) is 5.60. The lowest BCUT2D eigenvalue weighted by molar-refractivity contribution is 0.309. The molecule has 0 aliphatic rings. The second kappa shape index (κ2) is 10.4. The molecule has 0 fully saturated rings. The summed E-state index contributed by atoms with van der Waals surface area (Å²) in [6.07, 6.45) is 5.37. The van der Waals surface area contributed by atoms with Gasteiger partial charge in [-0.2, -0.15) is 5.26 Å². The summed E-state index contributed by atoms with van der Waals surface area (Å²) in [4.78, 5) is 0. The Morgan fingerprint density at radius 1 is 1.00 bits per heavy atom. The van der Waals surface area contributed by atoms with Crippen molar-refractivity contribution in [1.82, 2.24) is 14.9 Å². The van der Waals surface area contributed by atoms with Gasteiger partial charge in [-0.15, -0.1) is 10.2 Å². The van der Waals surface area contributed by atoms with E-state index >= 15 is 0 Å². The minimum atomic E-state index is -0.318. The van der Waals surface area contributed by atoms with Crippen LogP contribution in [0.5, 0.6) is 5.75 Å². The van der Waals surface area contributed by atoms with Crippen LogP contribution >= 0.6 is 0 Å². The van der Waals surface area contributed by atoms with Crippen LogP contribution in [0.25, 0.3) is 11.1 Å². The van der Waals surface area contributed by atoms with Crippen LogP contribution in [0, 0.1) is 17.1 Å². The van der Waals surface area contributed by atoms with E-state index in [0.717, 1.165) is 41.0 Å². The second-order valence-electron chi connectivity index (χ2n) is 7.59. The van der Waals surface area contributed by atoms with Gasteiger partial charge in [-0.1, -0.05) is 37.6 Å². The lowest BCUT2D eigenvalue weighted by atomic mass is 9.99. The molecule has 0 aliphatic carbocycles. The van der Waals surface area contributed by atoms with Crippen LogP contribution in [0.4, 0.5) is 10.1 Å². The number of aromatic nitrogens is 3. The van der Waals surface area contributed by atoms with E-state index in [0.29, 0.717) is 18.7 Å². The number of benzene rings is 3. The summed E-state index contributed by atoms with van der Waals surface area (Å²) < 4.78 is 21.0. The number of nitriles is 1. The van der Waals surface area contributed by atoms with Crippen molar-refractivity contribution in [2.24, 2.45) is 0 Å². The van der Waals surface area contributed by atoms with Gasteiger partial charge in [0.25, 0.3) is 0 Å². The Morgan fingerprint density at radius 3 is 2.39 bits per heavy atom. The van der Waals surface area contributed by atoms with Crippen LogP contribution in [0.15, 0.2) is 79.4 Å². The Kier molecular flexibility index (Phi) is 6.96. The van der Waals surface area contributed by atoms with Crippen molar-refractivity contribution in [2.75, 3.05) is 11.6 Å². The Morgan fingerprint density at radius 2 is 1.73 bits per heavy atom. The van der Waals surface area contributed by atoms with E-state index in [2.05, 4.69) is 23.2 Å². The average Bonchev–Trinajstić information content (AvgIpc) is 3.38. The topological polar surface area (TPSA) is 67.0 Å². The number of nitrogens with zero attached hydrogens (tertiary/aromatic N) is 5. The van der Waals surface area contributed by atoms with Crippen LogP contribution < -0.4 is 9.75 Å². The molecule has 0 saturated heterocycles. The molecule has 0 N–H and O–H groups in total. The van der Waals surface area contributed by atoms with E-state index in [1.54, 1.807) is 35.5 Å². The van der Waals surface area contributed by atoms with Crippen LogP contribution in [-0.4, -0.2) is 21.5 Å². The molecule has 33 heavy (non-hydrogen) atoms. The maximum absolute atomic E-state index is 13.4. The lowest BCUT2D eigenvalue weighted by Gasteiger charge is -2.26. The lowest BCUT2D eigenvalue weighted by Crippen LogP contribution is -2.27. The molecule has 166 valence electrons. The molecule has 0 aliphatic heterocycles. The third-order valence-electron chi connectivity index (χ3n) is 5.28. The van der Waals surface area contributed by atoms with Crippen molar-refractivity contribution >= 4 is 5.69 Å². The third kappa shape index (κ3) is 5.36. The molecule has 0 bridgehead atoms. The minimum Gasteiger partial charge on any atom is -0.494 e. The molecule has 7 heteroatoms. The van der Waals surface area contributed by atoms with Gasteiger partial charge in [0.2, 0.25) is 0 Å². The number of anilines is 1. The van der Waals surface area contributed by atoms with Crippen molar-refractivity contribution in [3.05, 3.63) is 96.3 Å². The van der Waals surface area contributed by atoms with Crippen molar-refractivity contribution in [3.8, 4) is 22.9 Å². The monoisotopic (exact) mass is 441 g/mol. The fraction of sp³-hybridized carbons (Fsp3) is 0.192. The Labute approximate surface area is 192 Å². The van der Waals surface area contributed by atoms with E-state index in [-0.39, 0.29) is 5.82 Å². The highest BCUT2D eigenvalue weighted by Crippen LogP contribution is 2.30. The van der Waals surface area contributed by atoms with Gasteiger partial charge in [0, 0.05) is 5.56 Å². The number of hydrogen-bond donors (Lipinski definition) is 0. The van der Waals surface area contributed by atoms with Crippen molar-refractivity contribution in [1.29, 1.82) is 5.26 Å². The van der Waals surface area contributed by atoms with Gasteiger partial charge in [-0.25, -0.2) is 9.07 Å². The zero-order valence-electron chi connectivity index (χ0n) is 18.4. The number of hydrogen-bond acceptors (Lipinski definition) is 5. The summed E-state index contributed by atoms with van der Waals surface area (Å²) in [6.45, 7) is 3.39. The van der Waals surface area contributed by atoms with Gasteiger partial charge >= 0.3 is 0 Å². The number of unbranched alkanes of at least 4 members (excludes halogenated alkanes) is 1. The largest absolute Gasteiger partial charge is 0.494 e. The van der Waals surface area contributed by atoms with Crippen molar-refractivity contribution < 1.29 is 9.13 Å². The molecule has 0 spiro atoms. The molecule has 1 heterocycles. The fourth-order valence-corrected chi connectivity index (χ4v) is 3.48. The van der Waals surface area contributed by atoms with E-state index in [1.807, 2.05) is 41.4 Å². The molecule has 0 unspecified atom stereocenters. The second-order valence-corrected chi connectivity index (χ2v) is 7.59. The van der Waals surface area contributed by atoms with Gasteiger partial charge in [0.1, 0.15) is 24.2 Å². The van der Waals surface area contributed by atoms with Crippen LogP contribution in [-0.2, 0) is 6.54 Å². The molecular weight excluding hydrogens is 417 g/mol. The van der Waals surface area contributed by atoms with Crippen molar-refractivity contribution in [3.63, 3.8) is 0 Å². The molecule has 0 atom stereocenters. The van der Waals surface area contributed by atoms with Gasteiger partial charge in [-0.3, -0.25) is 5.01 Å². The summed E-state index contributed by atoms with van der Waals surface area (Å²) in [5.74, 6) is 0.529. The molecule has 0 saturated carbocycles. The van der Waals surface area contributed by atoms with E-state index in [1.165, 1.54) is 12.1 Å². The highest BCUT2D eigenvalue weighted by atomic mass is 19.1. The first-order valence-corrected chi connectivity index (χ1v) is 10.8. The number of rotatable bonds is 9. The van der Waals surface area contributed by atoms with Gasteiger partial charge < -0.3 is 4.74 Å². The molecule has 0 amide bonds. The highest BCUT2D eigenvalue weighted by molar-refractivity contribution is 5.74. The molecule has 4 rings (SSSR count). The maximum atomic E-state index is 13.4. The number of ether oxygens (including phenoxy) is 1. The zero-order valence-corrected chi connectivity index (χ0v) is 18.4. The first kappa shape index (κ1) is 22.0. The Bertz CT molecular complexity index is 1220. The van der Waals surface area contributed by atoms with Gasteiger partial charge in [-0.05, 0) is 60.0 Å². The quantitative estimate of drug-likeness (QED) is 0.316. The maximum Gasteiger partial charge on any atom is 0.139 e. The van der Waals surface area contributed by atoms with E-state index < -0.39 is 0 Å². The smallest absolute Gasteiger partial charge is 0.139 e. The van der Waals surface area contributed by atoms with E-state index in [9.17, 15) is 9.65 Å². The summed E-state index contributed by atoms with van der Waals surface area (Å²) in [5, 5.41) is 19.5. The SMILES string of the molecule is CCCCOc1ccc(CN(c2ccc(C#N)c(-c3ccc(F)cc3)c2)n2cnnc2)cc1.